The van der Waals surface area contributed by atoms with Crippen LogP contribution in [0.3, 0.4) is 0 Å². The summed E-state index contributed by atoms with van der Waals surface area (Å²) in [5.41, 5.74) is 5.59. The van der Waals surface area contributed by atoms with Crippen LogP contribution in [0.2, 0.25) is 0 Å². The van der Waals surface area contributed by atoms with Gasteiger partial charge in [0.25, 0.3) is 5.56 Å². The van der Waals surface area contributed by atoms with Crippen molar-refractivity contribution in [1.82, 2.24) is 15.2 Å². The van der Waals surface area contributed by atoms with E-state index in [2.05, 4.69) is 27.5 Å². The van der Waals surface area contributed by atoms with Crippen LogP contribution >= 0.6 is 0 Å². The zero-order chi connectivity index (χ0) is 32.6. The van der Waals surface area contributed by atoms with Crippen LogP contribution in [-0.4, -0.2) is 43.1 Å². The van der Waals surface area contributed by atoms with E-state index in [1.807, 2.05) is 64.2 Å². The van der Waals surface area contributed by atoms with E-state index in [1.165, 1.54) is 24.3 Å². The van der Waals surface area contributed by atoms with Crippen molar-refractivity contribution in [3.05, 3.63) is 124 Å². The fraction of sp³-hybridized carbons (Fsp3) is 0.257. The molecule has 0 fully saturated rings. The van der Waals surface area contributed by atoms with Gasteiger partial charge in [-0.1, -0.05) is 48.9 Å². The van der Waals surface area contributed by atoms with E-state index in [4.69, 9.17) is 4.79 Å². The van der Waals surface area contributed by atoms with Crippen molar-refractivity contribution in [3.63, 3.8) is 0 Å². The number of anilines is 1. The van der Waals surface area contributed by atoms with Gasteiger partial charge in [-0.15, -0.1) is 0 Å². The van der Waals surface area contributed by atoms with E-state index in [0.717, 1.165) is 34.5 Å². The molecule has 0 spiro atoms. The standard InChI is InChI=1S/C33H37FN4O2.C2H5NO/c1-7-9-28(20-35-6)37-29-16-17-31(26-11-8-10-23(4)18-26)38(33(29)40)21-24(5)19-30(36-22(2)3)32(39)25-12-14-27(34)15-13-25;1-3-2-4/h8-19,35,37H,2,7,20-21H2,1,3-6H3;2H,1H3,(H,3,4)/b24-19+,28-9?,36-30?;. The van der Waals surface area contributed by atoms with Crippen molar-refractivity contribution in [2.24, 2.45) is 4.99 Å². The summed E-state index contributed by atoms with van der Waals surface area (Å²) in [6.07, 6.45) is 5.16. The van der Waals surface area contributed by atoms with Gasteiger partial charge in [0.05, 0.1) is 5.69 Å². The van der Waals surface area contributed by atoms with Crippen molar-refractivity contribution in [1.29, 1.82) is 0 Å². The fourth-order valence-electron chi connectivity index (χ4n) is 4.30. The highest BCUT2D eigenvalue weighted by Crippen LogP contribution is 2.22. The lowest BCUT2D eigenvalue weighted by Crippen LogP contribution is -2.27. The number of aryl methyl sites for hydroxylation is 1. The molecule has 1 heterocycles. The van der Waals surface area contributed by atoms with Gasteiger partial charge in [-0.25, -0.2) is 4.39 Å². The molecule has 3 aromatic rings. The Morgan fingerprint density at radius 3 is 2.32 bits per heavy atom. The molecule has 1 aromatic heterocycles. The number of carbonyl (C=O) groups is 2. The van der Waals surface area contributed by atoms with Gasteiger partial charge in [0.15, 0.2) is 0 Å². The summed E-state index contributed by atoms with van der Waals surface area (Å²) in [6.45, 7) is 12.2. The van der Waals surface area contributed by atoms with Gasteiger partial charge >= 0.3 is 0 Å². The number of Topliss-reactive ketones (excluding diaryl/α,β-unsaturated/α-hetero) is 1. The molecule has 44 heavy (non-hydrogen) atoms. The number of allylic oxidation sites excluding steroid dienone is 4. The highest BCUT2D eigenvalue weighted by Gasteiger charge is 2.16. The largest absolute Gasteiger partial charge is 0.362 e. The first-order valence-electron chi connectivity index (χ1n) is 14.3. The van der Waals surface area contributed by atoms with Crippen molar-refractivity contribution in [2.45, 2.75) is 40.7 Å². The van der Waals surface area contributed by atoms with Crippen LogP contribution in [0.15, 0.2) is 106 Å². The van der Waals surface area contributed by atoms with E-state index in [0.29, 0.717) is 29.9 Å². The van der Waals surface area contributed by atoms with Crippen molar-refractivity contribution in [3.8, 4) is 11.3 Å². The second-order valence-corrected chi connectivity index (χ2v) is 10.2. The molecule has 0 aliphatic heterocycles. The number of amides is 1. The Labute approximate surface area is 259 Å². The predicted octanol–water partition coefficient (Wildman–Crippen LogP) is 6.05. The van der Waals surface area contributed by atoms with E-state index in [-0.39, 0.29) is 23.6 Å². The first-order valence-corrected chi connectivity index (χ1v) is 14.3. The highest BCUT2D eigenvalue weighted by atomic mass is 19.1. The maximum atomic E-state index is 13.9. The van der Waals surface area contributed by atoms with E-state index in [9.17, 15) is 14.0 Å². The monoisotopic (exact) mass is 599 g/mol. The molecular weight excluding hydrogens is 557 g/mol. The van der Waals surface area contributed by atoms with Crippen molar-refractivity contribution >= 4 is 23.6 Å². The molecule has 0 radical (unpaired) electrons. The number of pyridine rings is 1. The summed E-state index contributed by atoms with van der Waals surface area (Å²) in [5, 5.41) is 8.66. The van der Waals surface area contributed by atoms with Crippen molar-refractivity contribution in [2.75, 3.05) is 26.0 Å². The number of benzene rings is 2. The maximum absolute atomic E-state index is 13.9. The lowest BCUT2D eigenvalue weighted by atomic mass is 10.0. The number of hydrogen-bond donors (Lipinski definition) is 3. The lowest BCUT2D eigenvalue weighted by molar-refractivity contribution is -0.109. The first-order chi connectivity index (χ1) is 21.0. The van der Waals surface area contributed by atoms with E-state index in [1.54, 1.807) is 30.7 Å². The average Bonchev–Trinajstić information content (AvgIpc) is 2.99. The van der Waals surface area contributed by atoms with Gasteiger partial charge in [0.2, 0.25) is 12.2 Å². The van der Waals surface area contributed by atoms with Crippen LogP contribution in [-0.2, 0) is 11.3 Å². The molecular formula is C35H42FN5O3. The summed E-state index contributed by atoms with van der Waals surface area (Å²) in [4.78, 5) is 40.5. The molecule has 0 atom stereocenters. The van der Waals surface area contributed by atoms with Gasteiger partial charge in [-0.05, 0) is 88.3 Å². The highest BCUT2D eigenvalue weighted by molar-refractivity contribution is 6.50. The van der Waals surface area contributed by atoms with Gasteiger partial charge < -0.3 is 20.5 Å². The van der Waals surface area contributed by atoms with E-state index < -0.39 is 5.82 Å². The molecule has 0 saturated heterocycles. The van der Waals surface area contributed by atoms with Crippen LogP contribution in [0.4, 0.5) is 10.1 Å². The molecule has 1 amide bonds. The molecule has 0 unspecified atom stereocenters. The molecule has 2 aromatic carbocycles. The lowest BCUT2D eigenvalue weighted by Gasteiger charge is -2.18. The summed E-state index contributed by atoms with van der Waals surface area (Å²) < 4.78 is 15.1. The number of likely N-dealkylation sites (N-methyl/N-ethyl adjacent to an activating group) is 1. The summed E-state index contributed by atoms with van der Waals surface area (Å²) in [5.74, 6) is -0.782. The maximum Gasteiger partial charge on any atom is 0.275 e. The first kappa shape index (κ1) is 35.3. The Morgan fingerprint density at radius 1 is 1.07 bits per heavy atom. The molecule has 0 bridgehead atoms. The average molecular weight is 600 g/mol. The van der Waals surface area contributed by atoms with Gasteiger partial charge in [0, 0.05) is 37.1 Å². The molecule has 232 valence electrons. The summed E-state index contributed by atoms with van der Waals surface area (Å²) in [7, 11) is 3.42. The Bertz CT molecular complexity index is 1600. The molecule has 0 aliphatic rings. The SMILES string of the molecule is C=C(C)N=C(/C=C(\C)Cn1c(-c2cccc(C)c2)ccc(NC(=CCC)CNC)c1=O)C(=O)c1ccc(F)cc1.CNC=O. The zero-order valence-corrected chi connectivity index (χ0v) is 26.3. The second-order valence-electron chi connectivity index (χ2n) is 10.2. The minimum atomic E-state index is -0.426. The number of aliphatic imine (C=N–C) groups is 1. The van der Waals surface area contributed by atoms with Crippen LogP contribution in [0, 0.1) is 12.7 Å². The minimum Gasteiger partial charge on any atom is -0.362 e. The number of carbonyl (C=O) groups excluding carboxylic acids is 2. The summed E-state index contributed by atoms with van der Waals surface area (Å²) in [6, 6.07) is 17.0. The third-order valence-electron chi connectivity index (χ3n) is 6.16. The quantitative estimate of drug-likeness (QED) is 0.126. The Hall–Kier alpha value is -4.89. The molecule has 8 nitrogen and oxygen atoms in total. The third kappa shape index (κ3) is 10.7. The Kier molecular flexibility index (Phi) is 14.4. The fourth-order valence-corrected chi connectivity index (χ4v) is 4.30. The van der Waals surface area contributed by atoms with Gasteiger partial charge in [-0.2, -0.15) is 0 Å². The number of nitrogens with zero attached hydrogens (tertiary/aromatic N) is 2. The number of halogens is 1. The summed E-state index contributed by atoms with van der Waals surface area (Å²) >= 11 is 0. The number of rotatable bonds is 13. The van der Waals surface area contributed by atoms with Crippen molar-refractivity contribution < 1.29 is 14.0 Å². The predicted molar refractivity (Wildman–Crippen MR) is 179 cm³/mol. The zero-order valence-electron chi connectivity index (χ0n) is 26.3. The molecule has 9 heteroatoms. The third-order valence-corrected chi connectivity index (χ3v) is 6.16. The molecule has 0 saturated carbocycles. The Morgan fingerprint density at radius 2 is 1.75 bits per heavy atom. The van der Waals surface area contributed by atoms with Crippen LogP contribution in [0.1, 0.15) is 43.1 Å². The van der Waals surface area contributed by atoms with Gasteiger partial charge in [-0.3, -0.25) is 19.4 Å². The van der Waals surface area contributed by atoms with Crippen LogP contribution in [0.25, 0.3) is 11.3 Å². The number of ketones is 1. The number of hydrogen-bond acceptors (Lipinski definition) is 6. The van der Waals surface area contributed by atoms with Crippen LogP contribution < -0.4 is 21.5 Å². The van der Waals surface area contributed by atoms with Gasteiger partial charge in [0.1, 0.15) is 17.2 Å². The van der Waals surface area contributed by atoms with Crippen LogP contribution in [0.5, 0.6) is 0 Å². The molecule has 3 rings (SSSR count). The molecule has 0 aliphatic carbocycles. The number of nitrogens with one attached hydrogen (secondary N) is 3. The number of aromatic nitrogens is 1. The topological polar surface area (TPSA) is 105 Å². The Balaban J connectivity index is 0.00000159. The molecule has 3 N–H and O–H groups in total. The van der Waals surface area contributed by atoms with E-state index >= 15 is 0 Å². The normalized spacial score (nSPS) is 11.8. The smallest absolute Gasteiger partial charge is 0.275 e. The second kappa shape index (κ2) is 17.9. The minimum absolute atomic E-state index is 0.165.